The van der Waals surface area contributed by atoms with E-state index in [1.165, 1.54) is 12.1 Å². The topological polar surface area (TPSA) is 110 Å². The predicted molar refractivity (Wildman–Crippen MR) is 86.0 cm³/mol. The summed E-state index contributed by atoms with van der Waals surface area (Å²) >= 11 is 0. The smallest absolute Gasteiger partial charge is 0.409 e. The number of rotatable bonds is 5. The van der Waals surface area contributed by atoms with Gasteiger partial charge >= 0.3 is 11.8 Å². The molecular formula is C16H16FN3O5. The first-order valence-electron chi connectivity index (χ1n) is 7.38. The largest absolute Gasteiger partial charge is 0.450 e. The van der Waals surface area contributed by atoms with Gasteiger partial charge in [-0.1, -0.05) is 29.8 Å². The van der Waals surface area contributed by atoms with Gasteiger partial charge in [0, 0.05) is 5.56 Å². The average molecular weight is 349 g/mol. The zero-order valence-corrected chi connectivity index (χ0v) is 13.5. The minimum Gasteiger partial charge on any atom is -0.450 e. The van der Waals surface area contributed by atoms with E-state index in [9.17, 15) is 23.6 Å². The van der Waals surface area contributed by atoms with Gasteiger partial charge in [-0.3, -0.25) is 24.5 Å². The Bertz CT molecular complexity index is 901. The number of amides is 1. The van der Waals surface area contributed by atoms with E-state index in [1.54, 1.807) is 24.0 Å². The van der Waals surface area contributed by atoms with Crippen molar-refractivity contribution in [1.82, 2.24) is 14.9 Å². The van der Waals surface area contributed by atoms with Crippen LogP contribution in [-0.2, 0) is 4.74 Å². The molecule has 132 valence electrons. The second-order valence-electron chi connectivity index (χ2n) is 5.14. The van der Waals surface area contributed by atoms with Crippen LogP contribution in [0.15, 0.2) is 40.1 Å². The van der Waals surface area contributed by atoms with E-state index in [0.717, 1.165) is 5.56 Å². The number of ketones is 1. The third kappa shape index (κ3) is 4.19. The van der Waals surface area contributed by atoms with Gasteiger partial charge in [0.15, 0.2) is 6.17 Å². The van der Waals surface area contributed by atoms with Gasteiger partial charge in [-0.25, -0.2) is 9.59 Å². The maximum atomic E-state index is 13.6. The van der Waals surface area contributed by atoms with Crippen LogP contribution < -0.4 is 16.6 Å². The number of aromatic nitrogens is 2. The van der Waals surface area contributed by atoms with E-state index in [-0.39, 0.29) is 12.2 Å². The lowest BCUT2D eigenvalue weighted by Crippen LogP contribution is -2.45. The Kier molecular flexibility index (Phi) is 5.48. The number of nitrogens with one attached hydrogen (secondary N) is 2. The molecule has 2 rings (SSSR count). The normalized spacial score (nSPS) is 11.6. The van der Waals surface area contributed by atoms with Crippen molar-refractivity contribution in [2.75, 3.05) is 6.61 Å². The Morgan fingerprint density at radius 1 is 1.28 bits per heavy atom. The van der Waals surface area contributed by atoms with E-state index in [4.69, 9.17) is 4.74 Å². The van der Waals surface area contributed by atoms with E-state index < -0.39 is 35.1 Å². The van der Waals surface area contributed by atoms with E-state index in [0.29, 0.717) is 10.8 Å². The van der Waals surface area contributed by atoms with Crippen molar-refractivity contribution in [1.29, 1.82) is 0 Å². The van der Waals surface area contributed by atoms with Crippen LogP contribution in [0.5, 0.6) is 0 Å². The van der Waals surface area contributed by atoms with Crippen LogP contribution in [0.3, 0.4) is 0 Å². The number of carbonyl (C=O) groups is 2. The average Bonchev–Trinajstić information content (AvgIpc) is 2.56. The molecule has 1 heterocycles. The SMILES string of the molecule is CCOC(=O)N[C@H](C(=O)c1ccc(C)cc1)n1cc(F)c(=O)[nH]c1=O. The summed E-state index contributed by atoms with van der Waals surface area (Å²) in [6, 6.07) is 6.35. The van der Waals surface area contributed by atoms with Crippen LogP contribution in [0, 0.1) is 12.7 Å². The van der Waals surface area contributed by atoms with Crippen LogP contribution in [0.4, 0.5) is 9.18 Å². The fraction of sp³-hybridized carbons (Fsp3) is 0.250. The lowest BCUT2D eigenvalue weighted by molar-refractivity contribution is 0.0871. The van der Waals surface area contributed by atoms with Crippen LogP contribution in [0.1, 0.15) is 29.0 Å². The molecule has 0 unspecified atom stereocenters. The highest BCUT2D eigenvalue weighted by Gasteiger charge is 2.26. The zero-order valence-electron chi connectivity index (χ0n) is 13.5. The van der Waals surface area contributed by atoms with Crippen molar-refractivity contribution in [2.24, 2.45) is 0 Å². The monoisotopic (exact) mass is 349 g/mol. The minimum atomic E-state index is -1.58. The fourth-order valence-electron chi connectivity index (χ4n) is 2.07. The second kappa shape index (κ2) is 7.56. The lowest BCUT2D eigenvalue weighted by Gasteiger charge is -2.19. The molecule has 0 saturated heterocycles. The van der Waals surface area contributed by atoms with E-state index >= 15 is 0 Å². The molecule has 25 heavy (non-hydrogen) atoms. The Morgan fingerprint density at radius 3 is 2.52 bits per heavy atom. The molecule has 0 radical (unpaired) electrons. The molecule has 1 atom stereocenters. The highest BCUT2D eigenvalue weighted by molar-refractivity contribution is 6.00. The molecule has 8 nitrogen and oxygen atoms in total. The molecule has 0 saturated carbocycles. The number of halogens is 1. The third-order valence-electron chi connectivity index (χ3n) is 3.32. The summed E-state index contributed by atoms with van der Waals surface area (Å²) in [5.41, 5.74) is -1.18. The quantitative estimate of drug-likeness (QED) is 0.786. The molecule has 1 aromatic heterocycles. The molecule has 0 fully saturated rings. The van der Waals surface area contributed by atoms with E-state index in [2.05, 4.69) is 5.32 Å². The molecule has 0 spiro atoms. The Balaban J connectivity index is 2.49. The molecule has 0 aliphatic carbocycles. The first-order valence-corrected chi connectivity index (χ1v) is 7.38. The van der Waals surface area contributed by atoms with Crippen LogP contribution >= 0.6 is 0 Å². The zero-order chi connectivity index (χ0) is 18.6. The van der Waals surface area contributed by atoms with Crippen molar-refractivity contribution < 1.29 is 18.7 Å². The summed E-state index contributed by atoms with van der Waals surface area (Å²) in [5.74, 6) is -1.95. The van der Waals surface area contributed by atoms with Crippen molar-refractivity contribution in [3.63, 3.8) is 0 Å². The fourth-order valence-corrected chi connectivity index (χ4v) is 2.07. The Labute approximate surface area is 141 Å². The number of aromatic amines is 1. The van der Waals surface area contributed by atoms with Crippen molar-refractivity contribution in [3.8, 4) is 0 Å². The molecule has 0 aliphatic rings. The second-order valence-corrected chi connectivity index (χ2v) is 5.14. The number of H-pyrrole nitrogens is 1. The standard InChI is InChI=1S/C16H16FN3O5/c1-3-25-16(24)18-13(12(21)10-6-4-9(2)5-7-10)20-8-11(17)14(22)19-15(20)23/h4-8,13H,3H2,1-2H3,(H,18,24)(H,19,22,23)/t13-/m0/s1. The summed E-state index contributed by atoms with van der Waals surface area (Å²) in [6.07, 6.45) is -1.99. The molecular weight excluding hydrogens is 333 g/mol. The first-order chi connectivity index (χ1) is 11.8. The van der Waals surface area contributed by atoms with Gasteiger partial charge in [0.05, 0.1) is 12.8 Å². The maximum Gasteiger partial charge on any atom is 0.409 e. The number of ether oxygens (including phenoxy) is 1. The summed E-state index contributed by atoms with van der Waals surface area (Å²) in [6.45, 7) is 3.42. The van der Waals surface area contributed by atoms with Gasteiger partial charge in [0.2, 0.25) is 11.6 Å². The number of Topliss-reactive ketones (excluding diaryl/α,β-unsaturated/α-hetero) is 1. The van der Waals surface area contributed by atoms with Gasteiger partial charge in [-0.15, -0.1) is 0 Å². The van der Waals surface area contributed by atoms with Gasteiger partial charge in [-0.05, 0) is 13.8 Å². The number of alkyl carbamates (subject to hydrolysis) is 1. The predicted octanol–water partition coefficient (Wildman–Crippen LogP) is 1.11. The Morgan fingerprint density at radius 2 is 1.92 bits per heavy atom. The number of nitrogens with zero attached hydrogens (tertiary/aromatic N) is 1. The van der Waals surface area contributed by atoms with Gasteiger partial charge in [-0.2, -0.15) is 4.39 Å². The summed E-state index contributed by atoms with van der Waals surface area (Å²) in [4.78, 5) is 49.3. The van der Waals surface area contributed by atoms with Crippen LogP contribution in [0.25, 0.3) is 0 Å². The molecule has 2 N–H and O–H groups in total. The lowest BCUT2D eigenvalue weighted by atomic mass is 10.1. The van der Waals surface area contributed by atoms with Crippen molar-refractivity contribution >= 4 is 11.9 Å². The molecule has 1 aromatic carbocycles. The van der Waals surface area contributed by atoms with Crippen molar-refractivity contribution in [3.05, 3.63) is 68.2 Å². The molecule has 0 aliphatic heterocycles. The highest BCUT2D eigenvalue weighted by atomic mass is 19.1. The van der Waals surface area contributed by atoms with Gasteiger partial charge in [0.25, 0.3) is 5.56 Å². The first kappa shape index (κ1) is 18.1. The summed E-state index contributed by atoms with van der Waals surface area (Å²) in [5, 5.41) is 2.20. The third-order valence-corrected chi connectivity index (χ3v) is 3.32. The van der Waals surface area contributed by atoms with Crippen LogP contribution in [-0.4, -0.2) is 28.0 Å². The molecule has 2 aromatic rings. The summed E-state index contributed by atoms with van der Waals surface area (Å²) < 4.78 is 18.9. The number of benzene rings is 1. The maximum absolute atomic E-state index is 13.6. The van der Waals surface area contributed by atoms with Crippen molar-refractivity contribution in [2.45, 2.75) is 20.0 Å². The van der Waals surface area contributed by atoms with Crippen LogP contribution in [0.2, 0.25) is 0 Å². The van der Waals surface area contributed by atoms with Gasteiger partial charge < -0.3 is 4.74 Å². The Hall–Kier alpha value is -3.23. The van der Waals surface area contributed by atoms with E-state index in [1.807, 2.05) is 6.92 Å². The molecule has 9 heteroatoms. The summed E-state index contributed by atoms with van der Waals surface area (Å²) in [7, 11) is 0. The molecule has 0 bridgehead atoms. The number of hydrogen-bond donors (Lipinski definition) is 2. The number of carbonyl (C=O) groups excluding carboxylic acids is 2. The molecule has 1 amide bonds. The highest BCUT2D eigenvalue weighted by Crippen LogP contribution is 2.12. The minimum absolute atomic E-state index is 0.0339. The van der Waals surface area contributed by atoms with Gasteiger partial charge in [0.1, 0.15) is 0 Å². The number of aryl methyl sites for hydroxylation is 1. The number of hydrogen-bond acceptors (Lipinski definition) is 5.